The average Bonchev–Trinajstić information content (AvgIpc) is 2.41. The molecule has 0 heterocycles. The number of ether oxygens (including phenoxy) is 1. The number of methoxy groups -OCH3 is 1. The van der Waals surface area contributed by atoms with Crippen molar-refractivity contribution in [2.75, 3.05) is 19.0 Å². The zero-order valence-corrected chi connectivity index (χ0v) is 15.8. The maximum atomic E-state index is 10.9. The minimum atomic E-state index is -0.158. The van der Waals surface area contributed by atoms with Crippen LogP contribution in [-0.2, 0) is 9.53 Å². The van der Waals surface area contributed by atoms with Crippen LogP contribution in [0.1, 0.15) is 36.8 Å². The molecule has 0 atom stereocenters. The minimum Gasteiger partial charge on any atom is -0.469 e. The van der Waals surface area contributed by atoms with Crippen molar-refractivity contribution in [3.8, 4) is 0 Å². The third kappa shape index (κ3) is 8.86. The molecule has 0 fully saturated rings. The van der Waals surface area contributed by atoms with Crippen LogP contribution in [0, 0.1) is 13.8 Å². The number of halogens is 1. The molecule has 0 amide bonds. The summed E-state index contributed by atoms with van der Waals surface area (Å²) in [6.45, 7) is 4.75. The van der Waals surface area contributed by atoms with Gasteiger partial charge in [0, 0.05) is 18.7 Å². The molecule has 0 aromatic heterocycles. The summed E-state index contributed by atoms with van der Waals surface area (Å²) in [5.41, 5.74) is 9.19. The first-order valence-electron chi connectivity index (χ1n) is 7.23. The van der Waals surface area contributed by atoms with E-state index in [-0.39, 0.29) is 29.9 Å². The van der Waals surface area contributed by atoms with Crippen LogP contribution >= 0.6 is 24.0 Å². The molecule has 0 saturated heterocycles. The molecule has 1 rings (SSSR count). The standard InChI is InChI=1S/C16H25N3O2.HI/c1-12-9-13(2)11-14(10-12)19-16(17)18-8-6-4-5-7-15(20)21-3;/h9-11H,4-8H2,1-3H3,(H3,17,18,19);1H. The molecule has 0 aliphatic rings. The number of aliphatic imine (C=N–C) groups is 1. The molecule has 0 radical (unpaired) electrons. The SMILES string of the molecule is COC(=O)CCCCCN=C(N)Nc1cc(C)cc(C)c1.I. The largest absolute Gasteiger partial charge is 0.469 e. The second-order valence-electron chi connectivity index (χ2n) is 5.16. The Hall–Kier alpha value is -1.31. The molecule has 0 aliphatic carbocycles. The number of carbonyl (C=O) groups is 1. The normalized spacial score (nSPS) is 10.8. The fraction of sp³-hybridized carbons (Fsp3) is 0.500. The van der Waals surface area contributed by atoms with Crippen molar-refractivity contribution in [1.82, 2.24) is 0 Å². The van der Waals surface area contributed by atoms with Gasteiger partial charge >= 0.3 is 5.97 Å². The fourth-order valence-electron chi connectivity index (χ4n) is 2.09. The molecule has 0 spiro atoms. The lowest BCUT2D eigenvalue weighted by molar-refractivity contribution is -0.140. The maximum absolute atomic E-state index is 10.9. The Bertz CT molecular complexity index is 484. The van der Waals surface area contributed by atoms with Crippen molar-refractivity contribution < 1.29 is 9.53 Å². The summed E-state index contributed by atoms with van der Waals surface area (Å²) in [5, 5.41) is 3.10. The number of nitrogens with one attached hydrogen (secondary N) is 1. The highest BCUT2D eigenvalue weighted by Crippen LogP contribution is 2.13. The van der Waals surface area contributed by atoms with Crippen molar-refractivity contribution in [3.63, 3.8) is 0 Å². The van der Waals surface area contributed by atoms with E-state index in [9.17, 15) is 4.79 Å². The first kappa shape index (κ1) is 20.7. The first-order chi connectivity index (χ1) is 10.0. The van der Waals surface area contributed by atoms with E-state index in [2.05, 4.69) is 21.1 Å². The van der Waals surface area contributed by atoms with E-state index in [1.54, 1.807) is 0 Å². The smallest absolute Gasteiger partial charge is 0.305 e. The summed E-state index contributed by atoms with van der Waals surface area (Å²) in [5.74, 6) is 0.266. The topological polar surface area (TPSA) is 76.7 Å². The van der Waals surface area contributed by atoms with Crippen LogP contribution in [0.4, 0.5) is 5.69 Å². The van der Waals surface area contributed by atoms with E-state index in [0.29, 0.717) is 18.9 Å². The first-order valence-corrected chi connectivity index (χ1v) is 7.23. The van der Waals surface area contributed by atoms with Crippen LogP contribution in [0.25, 0.3) is 0 Å². The summed E-state index contributed by atoms with van der Waals surface area (Å²) in [6.07, 6.45) is 3.14. The highest BCUT2D eigenvalue weighted by atomic mass is 127. The number of hydrogen-bond donors (Lipinski definition) is 2. The van der Waals surface area contributed by atoms with Crippen LogP contribution in [0.5, 0.6) is 0 Å². The van der Waals surface area contributed by atoms with Gasteiger partial charge in [-0.05, 0) is 49.9 Å². The van der Waals surface area contributed by atoms with Gasteiger partial charge in [0.05, 0.1) is 7.11 Å². The quantitative estimate of drug-likeness (QED) is 0.234. The molecule has 124 valence electrons. The molecule has 0 bridgehead atoms. The number of aryl methyl sites for hydroxylation is 2. The lowest BCUT2D eigenvalue weighted by atomic mass is 10.1. The average molecular weight is 419 g/mol. The fourth-order valence-corrected chi connectivity index (χ4v) is 2.09. The second-order valence-corrected chi connectivity index (χ2v) is 5.16. The van der Waals surface area contributed by atoms with E-state index < -0.39 is 0 Å². The Morgan fingerprint density at radius 2 is 1.82 bits per heavy atom. The molecule has 6 heteroatoms. The highest BCUT2D eigenvalue weighted by molar-refractivity contribution is 14.0. The Labute approximate surface area is 149 Å². The van der Waals surface area contributed by atoms with Gasteiger partial charge in [-0.1, -0.05) is 12.5 Å². The number of unbranched alkanes of at least 4 members (excludes halogenated alkanes) is 2. The molecule has 1 aromatic rings. The van der Waals surface area contributed by atoms with Crippen molar-refractivity contribution >= 4 is 41.6 Å². The number of esters is 1. The number of carbonyl (C=O) groups excluding carboxylic acids is 1. The highest BCUT2D eigenvalue weighted by Gasteiger charge is 2.00. The van der Waals surface area contributed by atoms with Crippen LogP contribution in [0.15, 0.2) is 23.2 Å². The van der Waals surface area contributed by atoms with Crippen LogP contribution in [0.3, 0.4) is 0 Å². The van der Waals surface area contributed by atoms with Crippen molar-refractivity contribution in [3.05, 3.63) is 29.3 Å². The molecule has 22 heavy (non-hydrogen) atoms. The van der Waals surface area contributed by atoms with Gasteiger partial charge in [0.2, 0.25) is 0 Å². The summed E-state index contributed by atoms with van der Waals surface area (Å²) in [7, 11) is 1.41. The Balaban J connectivity index is 0.00000441. The van der Waals surface area contributed by atoms with Gasteiger partial charge in [0.1, 0.15) is 0 Å². The molecule has 0 unspecified atom stereocenters. The van der Waals surface area contributed by atoms with Gasteiger partial charge < -0.3 is 15.8 Å². The lowest BCUT2D eigenvalue weighted by Gasteiger charge is -2.08. The van der Waals surface area contributed by atoms with Crippen molar-refractivity contribution in [2.24, 2.45) is 10.7 Å². The van der Waals surface area contributed by atoms with Crippen molar-refractivity contribution in [1.29, 1.82) is 0 Å². The van der Waals surface area contributed by atoms with E-state index in [4.69, 9.17) is 5.73 Å². The minimum absolute atomic E-state index is 0. The van der Waals surface area contributed by atoms with Crippen LogP contribution in [0.2, 0.25) is 0 Å². The molecule has 5 nitrogen and oxygen atoms in total. The summed E-state index contributed by atoms with van der Waals surface area (Å²) < 4.78 is 4.58. The molecule has 3 N–H and O–H groups in total. The van der Waals surface area contributed by atoms with E-state index in [1.807, 2.05) is 26.0 Å². The zero-order valence-electron chi connectivity index (χ0n) is 13.5. The van der Waals surface area contributed by atoms with Gasteiger partial charge in [0.15, 0.2) is 5.96 Å². The number of guanidine groups is 1. The molecule has 0 saturated carbocycles. The monoisotopic (exact) mass is 419 g/mol. The van der Waals surface area contributed by atoms with Gasteiger partial charge in [-0.15, -0.1) is 24.0 Å². The van der Waals surface area contributed by atoms with Gasteiger partial charge in [-0.2, -0.15) is 0 Å². The Kier molecular flexibility index (Phi) is 10.6. The lowest BCUT2D eigenvalue weighted by Crippen LogP contribution is -2.23. The Morgan fingerprint density at radius 1 is 1.18 bits per heavy atom. The molecule has 1 aromatic carbocycles. The van der Waals surface area contributed by atoms with Crippen LogP contribution < -0.4 is 11.1 Å². The molecular weight excluding hydrogens is 393 g/mol. The molecule has 0 aliphatic heterocycles. The molecular formula is C16H26IN3O2. The summed E-state index contributed by atoms with van der Waals surface area (Å²) >= 11 is 0. The van der Waals surface area contributed by atoms with Gasteiger partial charge in [0.25, 0.3) is 0 Å². The van der Waals surface area contributed by atoms with E-state index in [0.717, 1.165) is 24.9 Å². The Morgan fingerprint density at radius 3 is 2.41 bits per heavy atom. The number of nitrogens with zero attached hydrogens (tertiary/aromatic N) is 1. The number of benzene rings is 1. The number of rotatable bonds is 7. The third-order valence-electron chi connectivity index (χ3n) is 3.04. The van der Waals surface area contributed by atoms with E-state index >= 15 is 0 Å². The summed E-state index contributed by atoms with van der Waals surface area (Å²) in [4.78, 5) is 15.2. The van der Waals surface area contributed by atoms with Crippen LogP contribution in [-0.4, -0.2) is 25.6 Å². The van der Waals surface area contributed by atoms with Gasteiger partial charge in [-0.3, -0.25) is 9.79 Å². The number of hydrogen-bond acceptors (Lipinski definition) is 3. The second kappa shape index (κ2) is 11.3. The number of anilines is 1. The maximum Gasteiger partial charge on any atom is 0.305 e. The van der Waals surface area contributed by atoms with Gasteiger partial charge in [-0.25, -0.2) is 0 Å². The van der Waals surface area contributed by atoms with E-state index in [1.165, 1.54) is 18.2 Å². The van der Waals surface area contributed by atoms with Crippen molar-refractivity contribution in [2.45, 2.75) is 39.5 Å². The number of nitrogens with two attached hydrogens (primary N) is 1. The predicted molar refractivity (Wildman–Crippen MR) is 102 cm³/mol. The predicted octanol–water partition coefficient (Wildman–Crippen LogP) is 3.38. The third-order valence-corrected chi connectivity index (χ3v) is 3.04. The summed E-state index contributed by atoms with van der Waals surface area (Å²) in [6, 6.07) is 6.18. The zero-order chi connectivity index (χ0) is 15.7.